The maximum Gasteiger partial charge on any atom is 0.321 e. The standard InChI is InChI=1S/C16H20N4O3S/c1-9-5-10(2)7-11(6-9)8-23-14-12(13(17)21)15(24-19-14)18-16(22)20(3)4/h5-7H,8H2,1-4H3,(H2,17,21)(H,18,22). The number of benzene rings is 1. The first-order valence-electron chi connectivity index (χ1n) is 7.25. The van der Waals surface area contributed by atoms with Crippen molar-refractivity contribution >= 4 is 28.5 Å². The van der Waals surface area contributed by atoms with Crippen molar-refractivity contribution in [1.82, 2.24) is 9.27 Å². The van der Waals surface area contributed by atoms with Crippen LogP contribution in [0, 0.1) is 13.8 Å². The van der Waals surface area contributed by atoms with Crippen molar-refractivity contribution in [3.05, 3.63) is 40.5 Å². The monoisotopic (exact) mass is 348 g/mol. The Morgan fingerprint density at radius 1 is 1.25 bits per heavy atom. The van der Waals surface area contributed by atoms with Crippen molar-refractivity contribution in [2.45, 2.75) is 20.5 Å². The lowest BCUT2D eigenvalue weighted by Gasteiger charge is -2.11. The fourth-order valence-corrected chi connectivity index (χ4v) is 2.92. The molecule has 2 aromatic rings. The highest BCUT2D eigenvalue weighted by Gasteiger charge is 2.22. The van der Waals surface area contributed by atoms with E-state index in [1.807, 2.05) is 26.0 Å². The molecule has 0 radical (unpaired) electrons. The molecule has 0 aliphatic carbocycles. The second kappa shape index (κ2) is 7.31. The second-order valence-corrected chi connectivity index (χ2v) is 6.44. The average Bonchev–Trinajstić information content (AvgIpc) is 2.86. The molecule has 3 amide bonds. The van der Waals surface area contributed by atoms with Crippen LogP contribution >= 0.6 is 11.5 Å². The number of nitrogens with one attached hydrogen (secondary N) is 1. The van der Waals surface area contributed by atoms with Gasteiger partial charge < -0.3 is 15.4 Å². The lowest BCUT2D eigenvalue weighted by molar-refractivity contribution is 0.0996. The zero-order valence-corrected chi connectivity index (χ0v) is 14.9. The van der Waals surface area contributed by atoms with Gasteiger partial charge in [0.1, 0.15) is 17.2 Å². The normalized spacial score (nSPS) is 10.3. The van der Waals surface area contributed by atoms with Crippen LogP contribution in [0.2, 0.25) is 0 Å². The van der Waals surface area contributed by atoms with Gasteiger partial charge in [0, 0.05) is 14.1 Å². The minimum Gasteiger partial charge on any atom is -0.472 e. The van der Waals surface area contributed by atoms with Crippen LogP contribution in [0.15, 0.2) is 18.2 Å². The van der Waals surface area contributed by atoms with Gasteiger partial charge in [0.15, 0.2) is 0 Å². The fourth-order valence-electron chi connectivity index (χ4n) is 2.19. The number of ether oxygens (including phenoxy) is 1. The molecule has 0 spiro atoms. The Bertz CT molecular complexity index is 750. The van der Waals surface area contributed by atoms with E-state index in [4.69, 9.17) is 10.5 Å². The molecule has 0 saturated heterocycles. The number of aryl methyl sites for hydroxylation is 2. The van der Waals surface area contributed by atoms with E-state index in [0.29, 0.717) is 0 Å². The van der Waals surface area contributed by atoms with E-state index in [0.717, 1.165) is 28.2 Å². The molecule has 1 aromatic heterocycles. The number of aromatic nitrogens is 1. The highest BCUT2D eigenvalue weighted by molar-refractivity contribution is 7.11. The molecule has 7 nitrogen and oxygen atoms in total. The quantitative estimate of drug-likeness (QED) is 0.867. The molecule has 3 N–H and O–H groups in total. The third-order valence-electron chi connectivity index (χ3n) is 3.19. The van der Waals surface area contributed by atoms with Crippen molar-refractivity contribution in [2.75, 3.05) is 19.4 Å². The molecular weight excluding hydrogens is 328 g/mol. The number of nitrogens with two attached hydrogens (primary N) is 1. The van der Waals surface area contributed by atoms with Crippen LogP contribution in [-0.4, -0.2) is 35.3 Å². The number of nitrogens with zero attached hydrogens (tertiary/aromatic N) is 2. The van der Waals surface area contributed by atoms with E-state index in [2.05, 4.69) is 15.8 Å². The van der Waals surface area contributed by atoms with Gasteiger partial charge in [-0.25, -0.2) is 4.79 Å². The molecule has 2 rings (SSSR count). The lowest BCUT2D eigenvalue weighted by Crippen LogP contribution is -2.28. The first-order valence-corrected chi connectivity index (χ1v) is 8.03. The number of hydrogen-bond acceptors (Lipinski definition) is 5. The lowest BCUT2D eigenvalue weighted by atomic mass is 10.1. The van der Waals surface area contributed by atoms with Gasteiger partial charge in [-0.2, -0.15) is 4.37 Å². The highest BCUT2D eigenvalue weighted by atomic mass is 32.1. The molecule has 8 heteroatoms. The molecule has 0 atom stereocenters. The van der Waals surface area contributed by atoms with Crippen molar-refractivity contribution in [1.29, 1.82) is 0 Å². The number of hydrogen-bond donors (Lipinski definition) is 2. The summed E-state index contributed by atoms with van der Waals surface area (Å²) in [6, 6.07) is 5.69. The van der Waals surface area contributed by atoms with Gasteiger partial charge in [0.2, 0.25) is 5.88 Å². The SMILES string of the molecule is Cc1cc(C)cc(COc2nsc(NC(=O)N(C)C)c2C(N)=O)c1. The fraction of sp³-hybridized carbons (Fsp3) is 0.312. The van der Waals surface area contributed by atoms with Gasteiger partial charge in [-0.1, -0.05) is 29.3 Å². The number of urea groups is 1. The van der Waals surface area contributed by atoms with Crippen molar-refractivity contribution in [3.63, 3.8) is 0 Å². The maximum atomic E-state index is 11.8. The summed E-state index contributed by atoms with van der Waals surface area (Å²) in [7, 11) is 3.19. The van der Waals surface area contributed by atoms with Crippen LogP contribution in [0.5, 0.6) is 5.88 Å². The van der Waals surface area contributed by atoms with Gasteiger partial charge in [0.05, 0.1) is 0 Å². The smallest absolute Gasteiger partial charge is 0.321 e. The molecule has 24 heavy (non-hydrogen) atoms. The minimum atomic E-state index is -0.701. The van der Waals surface area contributed by atoms with Crippen molar-refractivity contribution < 1.29 is 14.3 Å². The third kappa shape index (κ3) is 4.23. The summed E-state index contributed by atoms with van der Waals surface area (Å²) in [5.74, 6) is -0.575. The van der Waals surface area contributed by atoms with E-state index in [-0.39, 0.29) is 29.1 Å². The molecule has 0 fully saturated rings. The molecule has 0 aliphatic heterocycles. The summed E-state index contributed by atoms with van der Waals surface area (Å²) in [4.78, 5) is 24.8. The summed E-state index contributed by atoms with van der Waals surface area (Å²) in [5.41, 5.74) is 8.71. The summed E-state index contributed by atoms with van der Waals surface area (Å²) >= 11 is 0.957. The van der Waals surface area contributed by atoms with Crippen LogP contribution in [0.3, 0.4) is 0 Å². The molecule has 1 aromatic carbocycles. The Labute approximate surface area is 144 Å². The van der Waals surface area contributed by atoms with E-state index in [1.54, 1.807) is 14.1 Å². The molecular formula is C16H20N4O3S. The predicted molar refractivity (Wildman–Crippen MR) is 93.6 cm³/mol. The summed E-state index contributed by atoms with van der Waals surface area (Å²) in [5, 5.41) is 2.86. The Balaban J connectivity index is 2.19. The van der Waals surface area contributed by atoms with Gasteiger partial charge in [0.25, 0.3) is 5.91 Å². The molecule has 1 heterocycles. The van der Waals surface area contributed by atoms with E-state index in [1.165, 1.54) is 4.90 Å². The van der Waals surface area contributed by atoms with Gasteiger partial charge >= 0.3 is 6.03 Å². The Morgan fingerprint density at radius 3 is 2.42 bits per heavy atom. The van der Waals surface area contributed by atoms with E-state index >= 15 is 0 Å². The molecule has 0 saturated carbocycles. The van der Waals surface area contributed by atoms with Crippen LogP contribution < -0.4 is 15.8 Å². The minimum absolute atomic E-state index is 0.0829. The van der Waals surface area contributed by atoms with E-state index < -0.39 is 5.91 Å². The summed E-state index contributed by atoms with van der Waals surface area (Å²) in [6.07, 6.45) is 0. The zero-order valence-electron chi connectivity index (χ0n) is 14.0. The van der Waals surface area contributed by atoms with E-state index in [9.17, 15) is 9.59 Å². The second-order valence-electron chi connectivity index (χ2n) is 5.67. The molecule has 0 bridgehead atoms. The third-order valence-corrected chi connectivity index (χ3v) is 3.94. The molecule has 0 aliphatic rings. The van der Waals surface area contributed by atoms with Crippen LogP contribution in [0.1, 0.15) is 27.0 Å². The number of primary amides is 1. The number of rotatable bonds is 5. The Kier molecular flexibility index (Phi) is 5.40. The topological polar surface area (TPSA) is 97.6 Å². The first-order chi connectivity index (χ1) is 11.3. The van der Waals surface area contributed by atoms with Crippen LogP contribution in [-0.2, 0) is 6.61 Å². The van der Waals surface area contributed by atoms with Crippen molar-refractivity contribution in [3.8, 4) is 5.88 Å². The number of anilines is 1. The largest absolute Gasteiger partial charge is 0.472 e. The summed E-state index contributed by atoms with van der Waals surface area (Å²) < 4.78 is 9.75. The Hall–Kier alpha value is -2.61. The highest BCUT2D eigenvalue weighted by Crippen LogP contribution is 2.31. The first kappa shape index (κ1) is 17.7. The summed E-state index contributed by atoms with van der Waals surface area (Å²) in [6.45, 7) is 4.26. The van der Waals surface area contributed by atoms with Crippen LogP contribution in [0.25, 0.3) is 0 Å². The van der Waals surface area contributed by atoms with Crippen molar-refractivity contribution in [2.24, 2.45) is 5.73 Å². The average molecular weight is 348 g/mol. The molecule has 0 unspecified atom stereocenters. The maximum absolute atomic E-state index is 11.8. The van der Waals surface area contributed by atoms with Crippen LogP contribution in [0.4, 0.5) is 9.80 Å². The number of carbonyl (C=O) groups excluding carboxylic acids is 2. The van der Waals surface area contributed by atoms with Gasteiger partial charge in [-0.15, -0.1) is 0 Å². The predicted octanol–water partition coefficient (Wildman–Crippen LogP) is 2.53. The van der Waals surface area contributed by atoms with Gasteiger partial charge in [-0.05, 0) is 30.9 Å². The molecule has 128 valence electrons. The number of carbonyl (C=O) groups is 2. The van der Waals surface area contributed by atoms with Gasteiger partial charge in [-0.3, -0.25) is 10.1 Å². The number of amides is 3. The Morgan fingerprint density at radius 2 is 1.88 bits per heavy atom. The zero-order chi connectivity index (χ0) is 17.9.